The van der Waals surface area contributed by atoms with E-state index in [1.54, 1.807) is 24.5 Å². The van der Waals surface area contributed by atoms with Crippen molar-refractivity contribution in [3.8, 4) is 11.5 Å². The second-order valence-corrected chi connectivity index (χ2v) is 7.99. The molecule has 0 aliphatic carbocycles. The van der Waals surface area contributed by atoms with Crippen LogP contribution in [0.15, 0.2) is 53.7 Å². The van der Waals surface area contributed by atoms with Gasteiger partial charge in [-0.3, -0.25) is 4.98 Å². The van der Waals surface area contributed by atoms with Crippen LogP contribution in [0.3, 0.4) is 0 Å². The summed E-state index contributed by atoms with van der Waals surface area (Å²) in [6, 6.07) is 7.71. The Balaban J connectivity index is 1.97. The Labute approximate surface area is 157 Å². The number of hydrogen-bond acceptors (Lipinski definition) is 6. The highest BCUT2D eigenvalue weighted by atomic mass is 32.2. The predicted octanol–water partition coefficient (Wildman–Crippen LogP) is 2.36. The number of nitrogens with zero attached hydrogens (tertiary/aromatic N) is 2. The summed E-state index contributed by atoms with van der Waals surface area (Å²) in [5.41, 5.74) is 2.98. The van der Waals surface area contributed by atoms with Gasteiger partial charge in [0.25, 0.3) is 10.0 Å². The molecule has 0 radical (unpaired) electrons. The van der Waals surface area contributed by atoms with E-state index < -0.39 is 10.0 Å². The Bertz CT molecular complexity index is 1150. The second kappa shape index (κ2) is 6.71. The fourth-order valence-electron chi connectivity index (χ4n) is 3.35. The van der Waals surface area contributed by atoms with Gasteiger partial charge in [0.1, 0.15) is 4.90 Å². The highest BCUT2D eigenvalue weighted by Gasteiger charge is 2.27. The van der Waals surface area contributed by atoms with Crippen LogP contribution in [0.4, 0.5) is 0 Å². The number of hydrogen-bond donors (Lipinski definition) is 2. The number of rotatable bonds is 4. The molecule has 1 aliphatic rings. The molecule has 7 nitrogen and oxygen atoms in total. The molecule has 140 valence electrons. The third-order valence-corrected chi connectivity index (χ3v) is 6.33. The molecule has 3 heterocycles. The van der Waals surface area contributed by atoms with Gasteiger partial charge >= 0.3 is 0 Å². The van der Waals surface area contributed by atoms with Crippen LogP contribution >= 0.6 is 0 Å². The van der Waals surface area contributed by atoms with Crippen molar-refractivity contribution in [1.29, 1.82) is 0 Å². The summed E-state index contributed by atoms with van der Waals surface area (Å²) < 4.78 is 33.1. The van der Waals surface area contributed by atoms with Gasteiger partial charge in [-0.15, -0.1) is 0 Å². The van der Waals surface area contributed by atoms with E-state index in [2.05, 4.69) is 16.4 Å². The highest BCUT2D eigenvalue weighted by Crippen LogP contribution is 2.37. The van der Waals surface area contributed by atoms with Crippen molar-refractivity contribution in [1.82, 2.24) is 14.3 Å². The first-order chi connectivity index (χ1) is 13.0. The summed E-state index contributed by atoms with van der Waals surface area (Å²) in [4.78, 5) is 4.32. The highest BCUT2D eigenvalue weighted by molar-refractivity contribution is 7.90. The maximum absolute atomic E-state index is 13.4. The van der Waals surface area contributed by atoms with Gasteiger partial charge in [-0.2, -0.15) is 0 Å². The second-order valence-electron chi connectivity index (χ2n) is 6.21. The molecule has 0 saturated heterocycles. The summed E-state index contributed by atoms with van der Waals surface area (Å²) in [6.07, 6.45) is 6.11. The molecule has 8 heteroatoms. The molecule has 0 bridgehead atoms. The normalized spacial score (nSPS) is 14.9. The fraction of sp³-hybridized carbons (Fsp3) is 0.211. The molecular formula is C19H19N3O4S. The number of ether oxygens (including phenoxy) is 1. The third kappa shape index (κ3) is 2.87. The van der Waals surface area contributed by atoms with Crippen molar-refractivity contribution in [3.05, 3.63) is 54.4 Å². The van der Waals surface area contributed by atoms with E-state index in [0.29, 0.717) is 11.0 Å². The lowest BCUT2D eigenvalue weighted by Crippen LogP contribution is -2.20. The Morgan fingerprint density at radius 3 is 2.85 bits per heavy atom. The zero-order valence-electron chi connectivity index (χ0n) is 14.7. The van der Waals surface area contributed by atoms with Crippen LogP contribution in [0.5, 0.6) is 11.5 Å². The predicted molar refractivity (Wildman–Crippen MR) is 102 cm³/mol. The Kier molecular flexibility index (Phi) is 4.37. The molecule has 2 aromatic heterocycles. The van der Waals surface area contributed by atoms with Gasteiger partial charge in [0.2, 0.25) is 0 Å². The number of fused-ring (bicyclic) bond motifs is 1. The summed E-state index contributed by atoms with van der Waals surface area (Å²) >= 11 is 0. The first-order valence-electron chi connectivity index (χ1n) is 8.52. The Morgan fingerprint density at radius 2 is 2.11 bits per heavy atom. The molecule has 3 aromatic rings. The van der Waals surface area contributed by atoms with Crippen LogP contribution in [-0.2, 0) is 10.0 Å². The Morgan fingerprint density at radius 1 is 1.26 bits per heavy atom. The van der Waals surface area contributed by atoms with Gasteiger partial charge in [0.05, 0.1) is 18.1 Å². The van der Waals surface area contributed by atoms with Crippen molar-refractivity contribution < 1.29 is 18.3 Å². The monoisotopic (exact) mass is 385 g/mol. The molecule has 1 aliphatic heterocycles. The standard InChI is InChI=1S/C19H19N3O4S/c1-26-19-16(23)5-2-6-17(19)27(24,25)22-12-14(13-7-10-20-11-8-13)18-15(22)4-3-9-21-18/h2-7,9,12,20,23H,8,10-11H2,1H3. The molecule has 4 rings (SSSR count). The lowest BCUT2D eigenvalue weighted by molar-refractivity contribution is 0.363. The number of para-hydroxylation sites is 1. The minimum absolute atomic E-state index is 0.0779. The minimum Gasteiger partial charge on any atom is -0.504 e. The summed E-state index contributed by atoms with van der Waals surface area (Å²) in [5, 5.41) is 13.2. The lowest BCUT2D eigenvalue weighted by Gasteiger charge is -2.13. The summed E-state index contributed by atoms with van der Waals surface area (Å²) in [7, 11) is -2.67. The first kappa shape index (κ1) is 17.6. The van der Waals surface area contributed by atoms with E-state index in [1.807, 2.05) is 0 Å². The molecule has 1 aromatic carbocycles. The number of pyridine rings is 1. The molecular weight excluding hydrogens is 366 g/mol. The molecule has 0 fully saturated rings. The van der Waals surface area contributed by atoms with Gasteiger partial charge in [-0.1, -0.05) is 12.1 Å². The number of phenolic OH excluding ortho intramolecular Hbond substituents is 1. The van der Waals surface area contributed by atoms with Gasteiger partial charge in [-0.25, -0.2) is 12.4 Å². The smallest absolute Gasteiger partial charge is 0.272 e. The van der Waals surface area contributed by atoms with Gasteiger partial charge in [0.15, 0.2) is 11.5 Å². The minimum atomic E-state index is -4.00. The molecule has 0 amide bonds. The summed E-state index contributed by atoms with van der Waals surface area (Å²) in [5.74, 6) is -0.305. The quantitative estimate of drug-likeness (QED) is 0.716. The van der Waals surface area contributed by atoms with Crippen LogP contribution < -0.4 is 10.1 Å². The van der Waals surface area contributed by atoms with E-state index >= 15 is 0 Å². The maximum Gasteiger partial charge on any atom is 0.272 e. The van der Waals surface area contributed by atoms with Crippen molar-refractivity contribution in [2.24, 2.45) is 0 Å². The molecule has 0 saturated carbocycles. The first-order valence-corrected chi connectivity index (χ1v) is 9.96. The lowest BCUT2D eigenvalue weighted by atomic mass is 10.0. The Hall–Kier alpha value is -2.84. The van der Waals surface area contributed by atoms with E-state index in [4.69, 9.17) is 4.74 Å². The SMILES string of the molecule is COc1c(O)cccc1S(=O)(=O)n1cc(C2=CCNCC2)c2ncccc21. The van der Waals surface area contributed by atoms with Gasteiger partial charge < -0.3 is 15.2 Å². The molecule has 0 spiro atoms. The van der Waals surface area contributed by atoms with E-state index in [0.717, 1.165) is 30.6 Å². The van der Waals surface area contributed by atoms with Crippen molar-refractivity contribution in [2.45, 2.75) is 11.3 Å². The average Bonchev–Trinajstić information content (AvgIpc) is 3.09. The van der Waals surface area contributed by atoms with Gasteiger partial charge in [0, 0.05) is 24.5 Å². The zero-order chi connectivity index (χ0) is 19.0. The fourth-order valence-corrected chi connectivity index (χ4v) is 4.88. The number of phenols is 1. The third-order valence-electron chi connectivity index (χ3n) is 4.63. The van der Waals surface area contributed by atoms with Crippen molar-refractivity contribution in [2.75, 3.05) is 20.2 Å². The zero-order valence-corrected chi connectivity index (χ0v) is 15.5. The molecule has 2 N–H and O–H groups in total. The number of nitrogens with one attached hydrogen (secondary N) is 1. The van der Waals surface area contributed by atoms with Crippen LogP contribution in [0.2, 0.25) is 0 Å². The average molecular weight is 385 g/mol. The molecule has 27 heavy (non-hydrogen) atoms. The van der Waals surface area contributed by atoms with Crippen LogP contribution in [-0.4, -0.2) is 42.7 Å². The van der Waals surface area contributed by atoms with Crippen LogP contribution in [0.25, 0.3) is 16.6 Å². The van der Waals surface area contributed by atoms with Crippen LogP contribution in [0.1, 0.15) is 12.0 Å². The number of aromatic nitrogens is 2. The van der Waals surface area contributed by atoms with E-state index in [-0.39, 0.29) is 16.4 Å². The van der Waals surface area contributed by atoms with E-state index in [1.165, 1.54) is 29.3 Å². The molecule has 0 unspecified atom stereocenters. The van der Waals surface area contributed by atoms with Gasteiger partial charge in [-0.05, 0) is 42.8 Å². The van der Waals surface area contributed by atoms with Crippen LogP contribution in [0, 0.1) is 0 Å². The molecule has 0 atom stereocenters. The van der Waals surface area contributed by atoms with E-state index in [9.17, 15) is 13.5 Å². The maximum atomic E-state index is 13.4. The topological polar surface area (TPSA) is 93.5 Å². The summed E-state index contributed by atoms with van der Waals surface area (Å²) in [6.45, 7) is 1.57. The van der Waals surface area contributed by atoms with Crippen molar-refractivity contribution >= 4 is 26.6 Å². The number of benzene rings is 1. The number of methoxy groups -OCH3 is 1. The number of aromatic hydroxyl groups is 1. The van der Waals surface area contributed by atoms with Crippen molar-refractivity contribution in [3.63, 3.8) is 0 Å². The largest absolute Gasteiger partial charge is 0.504 e.